The first-order valence-corrected chi connectivity index (χ1v) is 12.0. The molecule has 2 aromatic carbocycles. The Morgan fingerprint density at radius 1 is 0.970 bits per heavy atom. The second-order valence-corrected chi connectivity index (χ2v) is 9.31. The monoisotopic (exact) mass is 442 g/mol. The highest BCUT2D eigenvalue weighted by Crippen LogP contribution is 2.40. The molecular weight excluding hydrogens is 412 g/mol. The maximum Gasteiger partial charge on any atom is 0.147 e. The van der Waals surface area contributed by atoms with Gasteiger partial charge in [0.2, 0.25) is 0 Å². The minimum Gasteiger partial charge on any atom is -0.489 e. The van der Waals surface area contributed by atoms with Gasteiger partial charge in [-0.1, -0.05) is 23.4 Å². The van der Waals surface area contributed by atoms with Gasteiger partial charge in [-0.15, -0.1) is 0 Å². The molecular formula is C26H30N6O. The summed E-state index contributed by atoms with van der Waals surface area (Å²) in [5, 5.41) is 12.0. The van der Waals surface area contributed by atoms with Crippen molar-refractivity contribution in [1.82, 2.24) is 9.88 Å². The van der Waals surface area contributed by atoms with Gasteiger partial charge in [-0.3, -0.25) is 9.88 Å². The summed E-state index contributed by atoms with van der Waals surface area (Å²) in [4.78, 5) is 9.77. The summed E-state index contributed by atoms with van der Waals surface area (Å²) in [5.41, 5.74) is 5.76. The Morgan fingerprint density at radius 2 is 1.79 bits per heavy atom. The molecule has 3 aliphatic rings. The standard InChI is InChI=1S/C26H30N6O/c1-18-9-10-21-22(27-18)6-4-7-23(21)31-15-13-30(14-16-31)12-11-20-5-3-8-24-26(20)33-17-25-19(2)28-29-32(24)25/h3-10,19,25H,11-17H2,1-2H3. The van der Waals surface area contributed by atoms with Gasteiger partial charge in [0.15, 0.2) is 0 Å². The van der Waals surface area contributed by atoms with Crippen LogP contribution in [-0.2, 0) is 6.42 Å². The van der Waals surface area contributed by atoms with Crippen molar-refractivity contribution in [3.8, 4) is 5.75 Å². The molecule has 0 saturated carbocycles. The molecule has 0 spiro atoms. The third-order valence-electron chi connectivity index (χ3n) is 7.18. The van der Waals surface area contributed by atoms with E-state index in [2.05, 4.69) is 75.6 Å². The molecule has 4 heterocycles. The fourth-order valence-corrected chi connectivity index (χ4v) is 5.21. The van der Waals surface area contributed by atoms with E-state index in [4.69, 9.17) is 9.72 Å². The van der Waals surface area contributed by atoms with Crippen molar-refractivity contribution >= 4 is 22.3 Å². The number of ether oxygens (including phenoxy) is 1. The molecule has 0 amide bonds. The molecule has 0 bridgehead atoms. The van der Waals surface area contributed by atoms with Gasteiger partial charge in [-0.05, 0) is 56.2 Å². The zero-order chi connectivity index (χ0) is 22.4. The number of aromatic nitrogens is 1. The molecule has 2 atom stereocenters. The Hall–Kier alpha value is -3.19. The van der Waals surface area contributed by atoms with E-state index in [1.165, 1.54) is 16.6 Å². The third-order valence-corrected chi connectivity index (χ3v) is 7.18. The molecule has 1 saturated heterocycles. The van der Waals surface area contributed by atoms with Crippen molar-refractivity contribution in [1.29, 1.82) is 0 Å². The van der Waals surface area contributed by atoms with Gasteiger partial charge in [0.25, 0.3) is 0 Å². The summed E-state index contributed by atoms with van der Waals surface area (Å²) in [6, 6.07) is 17.6. The molecule has 3 aliphatic heterocycles. The van der Waals surface area contributed by atoms with Gasteiger partial charge in [0.05, 0.1) is 11.6 Å². The molecule has 3 aromatic rings. The zero-order valence-corrected chi connectivity index (χ0v) is 19.3. The molecule has 1 fully saturated rings. The zero-order valence-electron chi connectivity index (χ0n) is 19.3. The maximum atomic E-state index is 6.21. The number of hydrogen-bond acceptors (Lipinski definition) is 7. The van der Waals surface area contributed by atoms with Crippen LogP contribution in [0.2, 0.25) is 0 Å². The fourth-order valence-electron chi connectivity index (χ4n) is 5.21. The molecule has 33 heavy (non-hydrogen) atoms. The van der Waals surface area contributed by atoms with Crippen LogP contribution in [0.25, 0.3) is 10.9 Å². The quantitative estimate of drug-likeness (QED) is 0.605. The number of para-hydroxylation sites is 1. The lowest BCUT2D eigenvalue weighted by atomic mass is 10.0. The van der Waals surface area contributed by atoms with Crippen molar-refractivity contribution in [2.24, 2.45) is 10.3 Å². The molecule has 0 aliphatic carbocycles. The normalized spacial score (nSPS) is 22.4. The number of anilines is 2. The number of piperazine rings is 1. The first-order chi connectivity index (χ1) is 16.2. The van der Waals surface area contributed by atoms with Gasteiger partial charge in [0, 0.05) is 49.5 Å². The van der Waals surface area contributed by atoms with E-state index < -0.39 is 0 Å². The minimum atomic E-state index is 0.180. The number of nitrogens with zero attached hydrogens (tertiary/aromatic N) is 6. The van der Waals surface area contributed by atoms with Gasteiger partial charge in [-0.25, -0.2) is 5.01 Å². The largest absolute Gasteiger partial charge is 0.489 e. The topological polar surface area (TPSA) is 56.6 Å². The first-order valence-electron chi connectivity index (χ1n) is 12.0. The van der Waals surface area contributed by atoms with Gasteiger partial charge in [-0.2, -0.15) is 5.11 Å². The summed E-state index contributed by atoms with van der Waals surface area (Å²) in [6.45, 7) is 10.0. The Bertz CT molecular complexity index is 1200. The molecule has 0 N–H and O–H groups in total. The van der Waals surface area contributed by atoms with Crippen molar-refractivity contribution < 1.29 is 4.74 Å². The van der Waals surface area contributed by atoms with E-state index in [1.54, 1.807) is 0 Å². The van der Waals surface area contributed by atoms with Crippen molar-refractivity contribution in [2.45, 2.75) is 32.4 Å². The summed E-state index contributed by atoms with van der Waals surface area (Å²) in [6.07, 6.45) is 0.978. The van der Waals surface area contributed by atoms with E-state index in [9.17, 15) is 0 Å². The van der Waals surface area contributed by atoms with E-state index in [0.717, 1.165) is 61.8 Å². The van der Waals surface area contributed by atoms with Gasteiger partial charge < -0.3 is 9.64 Å². The smallest absolute Gasteiger partial charge is 0.147 e. The summed E-state index contributed by atoms with van der Waals surface area (Å²) < 4.78 is 6.21. The predicted octanol–water partition coefficient (Wildman–Crippen LogP) is 4.24. The lowest BCUT2D eigenvalue weighted by molar-refractivity contribution is 0.248. The van der Waals surface area contributed by atoms with Crippen LogP contribution in [-0.4, -0.2) is 61.3 Å². The fraction of sp³-hybridized carbons (Fsp3) is 0.423. The number of hydrogen-bond donors (Lipinski definition) is 0. The molecule has 0 radical (unpaired) electrons. The van der Waals surface area contributed by atoms with E-state index in [0.29, 0.717) is 6.61 Å². The summed E-state index contributed by atoms with van der Waals surface area (Å²) >= 11 is 0. The van der Waals surface area contributed by atoms with E-state index in [-0.39, 0.29) is 12.1 Å². The Morgan fingerprint density at radius 3 is 2.67 bits per heavy atom. The van der Waals surface area contributed by atoms with Crippen LogP contribution in [0.1, 0.15) is 18.2 Å². The molecule has 6 rings (SSSR count). The van der Waals surface area contributed by atoms with Crippen LogP contribution in [0.4, 0.5) is 11.4 Å². The summed E-state index contributed by atoms with van der Waals surface area (Å²) in [7, 11) is 0. The maximum absolute atomic E-state index is 6.21. The Labute approximate surface area is 194 Å². The van der Waals surface area contributed by atoms with Gasteiger partial charge >= 0.3 is 0 Å². The lowest BCUT2D eigenvalue weighted by Crippen LogP contribution is -2.47. The number of rotatable bonds is 4. The average molecular weight is 443 g/mol. The van der Waals surface area contributed by atoms with Crippen LogP contribution in [0, 0.1) is 6.92 Å². The number of aryl methyl sites for hydroxylation is 1. The number of fused-ring (bicyclic) bond motifs is 4. The van der Waals surface area contributed by atoms with E-state index >= 15 is 0 Å². The van der Waals surface area contributed by atoms with Crippen LogP contribution in [0.5, 0.6) is 5.75 Å². The van der Waals surface area contributed by atoms with Gasteiger partial charge in [0.1, 0.15) is 24.1 Å². The van der Waals surface area contributed by atoms with Crippen LogP contribution >= 0.6 is 0 Å². The molecule has 7 heteroatoms. The Balaban J connectivity index is 1.11. The number of benzene rings is 2. The van der Waals surface area contributed by atoms with E-state index in [1.807, 2.05) is 11.9 Å². The molecule has 1 aromatic heterocycles. The summed E-state index contributed by atoms with van der Waals surface area (Å²) in [5.74, 6) is 0.985. The lowest BCUT2D eigenvalue weighted by Gasteiger charge is -2.37. The van der Waals surface area contributed by atoms with Crippen LogP contribution in [0.15, 0.2) is 58.9 Å². The van der Waals surface area contributed by atoms with Crippen molar-refractivity contribution in [2.75, 3.05) is 49.2 Å². The minimum absolute atomic E-state index is 0.180. The predicted molar refractivity (Wildman–Crippen MR) is 131 cm³/mol. The molecule has 2 unspecified atom stereocenters. The highest BCUT2D eigenvalue weighted by atomic mass is 16.5. The Kier molecular flexibility index (Phi) is 5.14. The van der Waals surface area contributed by atoms with Crippen molar-refractivity contribution in [3.63, 3.8) is 0 Å². The van der Waals surface area contributed by atoms with Crippen LogP contribution < -0.4 is 14.6 Å². The third kappa shape index (κ3) is 3.70. The second kappa shape index (κ2) is 8.30. The first kappa shape index (κ1) is 20.4. The van der Waals surface area contributed by atoms with Crippen LogP contribution in [0.3, 0.4) is 0 Å². The van der Waals surface area contributed by atoms with Crippen molar-refractivity contribution in [3.05, 3.63) is 59.8 Å². The number of pyridine rings is 1. The molecule has 7 nitrogen and oxygen atoms in total. The average Bonchev–Trinajstić information content (AvgIpc) is 3.23. The molecule has 170 valence electrons. The highest BCUT2D eigenvalue weighted by Gasteiger charge is 2.37. The SMILES string of the molecule is Cc1ccc2c(N3CCN(CCc4cccc5c4OCC4C(C)N=NN54)CC3)cccc2n1. The second-order valence-electron chi connectivity index (χ2n) is 9.31. The highest BCUT2D eigenvalue weighted by molar-refractivity contribution is 5.92.